The quantitative estimate of drug-likeness (QED) is 0.820. The van der Waals surface area contributed by atoms with E-state index in [4.69, 9.17) is 4.74 Å². The van der Waals surface area contributed by atoms with Gasteiger partial charge in [-0.2, -0.15) is 0 Å². The maximum atomic E-state index is 11.9. The van der Waals surface area contributed by atoms with Crippen LogP contribution in [0.15, 0.2) is 35.7 Å². The third-order valence-electron chi connectivity index (χ3n) is 3.14. The second-order valence-electron chi connectivity index (χ2n) is 4.70. The van der Waals surface area contributed by atoms with Crippen LogP contribution in [-0.2, 0) is 11.2 Å². The summed E-state index contributed by atoms with van der Waals surface area (Å²) in [5.41, 5.74) is 0.306. The molecule has 0 bridgehead atoms. The van der Waals surface area contributed by atoms with Crippen LogP contribution in [0.4, 0.5) is 5.69 Å². The molecule has 6 heteroatoms. The van der Waals surface area contributed by atoms with Gasteiger partial charge >= 0.3 is 5.97 Å². The number of methoxy groups -OCH3 is 1. The molecule has 1 aromatic heterocycles. The number of carboxylic acids is 1. The molecular formula is C16H17NO4S. The lowest BCUT2D eigenvalue weighted by Crippen LogP contribution is -2.14. The smallest absolute Gasteiger partial charge is 0.337 e. The van der Waals surface area contributed by atoms with Gasteiger partial charge in [-0.1, -0.05) is 6.07 Å². The minimum atomic E-state index is -1.10. The number of amides is 1. The zero-order valence-corrected chi connectivity index (χ0v) is 13.0. The molecular weight excluding hydrogens is 302 g/mol. The molecule has 0 aliphatic rings. The Morgan fingerprint density at radius 1 is 1.32 bits per heavy atom. The van der Waals surface area contributed by atoms with Crippen molar-refractivity contribution in [3.8, 4) is 5.75 Å². The van der Waals surface area contributed by atoms with Crippen molar-refractivity contribution >= 4 is 28.9 Å². The number of carbonyl (C=O) groups is 2. The van der Waals surface area contributed by atoms with Gasteiger partial charge in [-0.05, 0) is 42.5 Å². The molecule has 2 N–H and O–H groups in total. The van der Waals surface area contributed by atoms with Gasteiger partial charge in [0.1, 0.15) is 5.75 Å². The summed E-state index contributed by atoms with van der Waals surface area (Å²) in [6, 6.07) is 8.57. The summed E-state index contributed by atoms with van der Waals surface area (Å²) in [5.74, 6) is -0.856. The Bertz CT molecular complexity index is 652. The summed E-state index contributed by atoms with van der Waals surface area (Å²) in [7, 11) is 1.46. The van der Waals surface area contributed by atoms with E-state index in [9.17, 15) is 14.7 Å². The fourth-order valence-electron chi connectivity index (χ4n) is 2.03. The Hall–Kier alpha value is -2.34. The number of anilines is 1. The summed E-state index contributed by atoms with van der Waals surface area (Å²) in [6.07, 6.45) is 1.92. The lowest BCUT2D eigenvalue weighted by Gasteiger charge is -2.10. The van der Waals surface area contributed by atoms with E-state index in [1.807, 2.05) is 17.5 Å². The minimum absolute atomic E-state index is 0.0194. The van der Waals surface area contributed by atoms with Crippen LogP contribution in [0.2, 0.25) is 0 Å². The fourth-order valence-corrected chi connectivity index (χ4v) is 2.78. The highest BCUT2D eigenvalue weighted by Gasteiger charge is 2.13. The van der Waals surface area contributed by atoms with Crippen LogP contribution < -0.4 is 10.1 Å². The predicted molar refractivity (Wildman–Crippen MR) is 85.8 cm³/mol. The number of hydrogen-bond donors (Lipinski definition) is 2. The average molecular weight is 319 g/mol. The number of thiophene rings is 1. The standard InChI is InChI=1S/C16H17NO4S/c1-21-11-7-8-14(13(10-11)16(19)20)17-15(18)6-2-4-12-5-3-9-22-12/h3,5,7-10H,2,4,6H2,1H3,(H,17,18)(H,19,20). The van der Waals surface area contributed by atoms with Crippen molar-refractivity contribution in [1.29, 1.82) is 0 Å². The van der Waals surface area contributed by atoms with Gasteiger partial charge in [0, 0.05) is 11.3 Å². The molecule has 0 fully saturated rings. The zero-order valence-electron chi connectivity index (χ0n) is 12.2. The summed E-state index contributed by atoms with van der Waals surface area (Å²) in [4.78, 5) is 24.4. The molecule has 0 radical (unpaired) electrons. The topological polar surface area (TPSA) is 75.6 Å². The van der Waals surface area contributed by atoms with Crippen LogP contribution in [0.3, 0.4) is 0 Å². The number of carbonyl (C=O) groups excluding carboxylic acids is 1. The molecule has 2 aromatic rings. The van der Waals surface area contributed by atoms with Gasteiger partial charge in [0.25, 0.3) is 0 Å². The van der Waals surface area contributed by atoms with Crippen molar-refractivity contribution < 1.29 is 19.4 Å². The van der Waals surface area contributed by atoms with Crippen molar-refractivity contribution in [1.82, 2.24) is 0 Å². The molecule has 0 saturated carbocycles. The summed E-state index contributed by atoms with van der Waals surface area (Å²) >= 11 is 1.67. The van der Waals surface area contributed by atoms with Crippen LogP contribution in [0.1, 0.15) is 28.1 Å². The number of hydrogen-bond acceptors (Lipinski definition) is 4. The Labute approximate surface area is 132 Å². The minimum Gasteiger partial charge on any atom is -0.497 e. The van der Waals surface area contributed by atoms with Gasteiger partial charge < -0.3 is 15.2 Å². The van der Waals surface area contributed by atoms with E-state index < -0.39 is 5.97 Å². The van der Waals surface area contributed by atoms with Crippen molar-refractivity contribution in [2.45, 2.75) is 19.3 Å². The van der Waals surface area contributed by atoms with Crippen LogP contribution >= 0.6 is 11.3 Å². The molecule has 0 aliphatic carbocycles. The van der Waals surface area contributed by atoms with E-state index in [1.165, 1.54) is 18.1 Å². The van der Waals surface area contributed by atoms with Crippen LogP contribution in [0.25, 0.3) is 0 Å². The fraction of sp³-hybridized carbons (Fsp3) is 0.250. The van der Waals surface area contributed by atoms with Crippen molar-refractivity contribution in [3.63, 3.8) is 0 Å². The third-order valence-corrected chi connectivity index (χ3v) is 4.07. The van der Waals surface area contributed by atoms with Gasteiger partial charge in [0.05, 0.1) is 18.4 Å². The zero-order chi connectivity index (χ0) is 15.9. The molecule has 0 unspecified atom stereocenters. The Morgan fingerprint density at radius 2 is 2.14 bits per heavy atom. The molecule has 22 heavy (non-hydrogen) atoms. The number of carboxylic acid groups (broad SMARTS) is 1. The Balaban J connectivity index is 1.94. The summed E-state index contributed by atoms with van der Waals surface area (Å²) in [6.45, 7) is 0. The molecule has 5 nitrogen and oxygen atoms in total. The molecule has 0 spiro atoms. The van der Waals surface area contributed by atoms with Crippen molar-refractivity contribution in [2.24, 2.45) is 0 Å². The molecule has 1 amide bonds. The number of benzene rings is 1. The highest BCUT2D eigenvalue weighted by Crippen LogP contribution is 2.22. The molecule has 2 rings (SSSR count). The van der Waals surface area contributed by atoms with E-state index in [-0.39, 0.29) is 17.2 Å². The number of nitrogens with one attached hydrogen (secondary N) is 1. The SMILES string of the molecule is COc1ccc(NC(=O)CCCc2cccs2)c(C(=O)O)c1. The first-order chi connectivity index (χ1) is 10.6. The lowest BCUT2D eigenvalue weighted by atomic mass is 10.1. The molecule has 0 atom stereocenters. The highest BCUT2D eigenvalue weighted by molar-refractivity contribution is 7.09. The van der Waals surface area contributed by atoms with E-state index in [1.54, 1.807) is 23.5 Å². The molecule has 1 aromatic carbocycles. The summed E-state index contributed by atoms with van der Waals surface area (Å²) < 4.78 is 5.00. The lowest BCUT2D eigenvalue weighted by molar-refractivity contribution is -0.116. The number of ether oxygens (including phenoxy) is 1. The van der Waals surface area contributed by atoms with Gasteiger partial charge in [-0.3, -0.25) is 4.79 Å². The van der Waals surface area contributed by atoms with E-state index in [0.29, 0.717) is 12.2 Å². The van der Waals surface area contributed by atoms with Crippen molar-refractivity contribution in [2.75, 3.05) is 12.4 Å². The van der Waals surface area contributed by atoms with E-state index in [0.717, 1.165) is 12.8 Å². The number of aryl methyl sites for hydroxylation is 1. The first-order valence-electron chi connectivity index (χ1n) is 6.83. The van der Waals surface area contributed by atoms with Crippen LogP contribution in [0, 0.1) is 0 Å². The number of aromatic carboxylic acids is 1. The highest BCUT2D eigenvalue weighted by atomic mass is 32.1. The van der Waals surface area contributed by atoms with Crippen LogP contribution in [-0.4, -0.2) is 24.1 Å². The number of rotatable bonds is 7. The molecule has 1 heterocycles. The van der Waals surface area contributed by atoms with Gasteiger partial charge in [0.15, 0.2) is 0 Å². The summed E-state index contributed by atoms with van der Waals surface area (Å²) in [5, 5.41) is 13.9. The van der Waals surface area contributed by atoms with Gasteiger partial charge in [-0.25, -0.2) is 4.79 Å². The normalized spacial score (nSPS) is 10.2. The maximum absolute atomic E-state index is 11.9. The Kier molecular flexibility index (Phi) is 5.55. The second kappa shape index (κ2) is 7.61. The van der Waals surface area contributed by atoms with Crippen molar-refractivity contribution in [3.05, 3.63) is 46.2 Å². The third kappa shape index (κ3) is 4.33. The van der Waals surface area contributed by atoms with E-state index >= 15 is 0 Å². The predicted octanol–water partition coefficient (Wildman–Crippen LogP) is 3.42. The van der Waals surface area contributed by atoms with Gasteiger partial charge in [0.2, 0.25) is 5.91 Å². The first-order valence-corrected chi connectivity index (χ1v) is 7.71. The molecule has 0 aliphatic heterocycles. The largest absolute Gasteiger partial charge is 0.497 e. The Morgan fingerprint density at radius 3 is 2.77 bits per heavy atom. The second-order valence-corrected chi connectivity index (χ2v) is 5.73. The van der Waals surface area contributed by atoms with Crippen LogP contribution in [0.5, 0.6) is 5.75 Å². The average Bonchev–Trinajstić information content (AvgIpc) is 3.00. The molecule has 0 saturated heterocycles. The maximum Gasteiger partial charge on any atom is 0.337 e. The molecule has 116 valence electrons. The monoisotopic (exact) mass is 319 g/mol. The first kappa shape index (κ1) is 16.0. The van der Waals surface area contributed by atoms with E-state index in [2.05, 4.69) is 5.32 Å². The van der Waals surface area contributed by atoms with Gasteiger partial charge in [-0.15, -0.1) is 11.3 Å².